The summed E-state index contributed by atoms with van der Waals surface area (Å²) in [6.45, 7) is 0. The van der Waals surface area contributed by atoms with Gasteiger partial charge in [-0.1, -0.05) is 6.07 Å². The molecule has 3 nitrogen and oxygen atoms in total. The van der Waals surface area contributed by atoms with Crippen LogP contribution in [0.1, 0.15) is 5.56 Å². The lowest BCUT2D eigenvalue weighted by atomic mass is 10.2. The van der Waals surface area contributed by atoms with Gasteiger partial charge in [0.2, 0.25) is 5.28 Å². The van der Waals surface area contributed by atoms with Crippen LogP contribution < -0.4 is 5.32 Å². The minimum atomic E-state index is -4.64. The number of alkyl halides is 3. The maximum atomic E-state index is 13.0. The predicted octanol–water partition coefficient (Wildman–Crippen LogP) is 4.03. The van der Waals surface area contributed by atoms with E-state index in [4.69, 9.17) is 11.6 Å². The molecule has 0 aliphatic heterocycles. The van der Waals surface area contributed by atoms with Gasteiger partial charge >= 0.3 is 6.18 Å². The Hall–Kier alpha value is -1.89. The molecule has 1 heterocycles. The Kier molecular flexibility index (Phi) is 3.57. The first-order chi connectivity index (χ1) is 8.86. The average Bonchev–Trinajstić information content (AvgIpc) is 2.27. The van der Waals surface area contributed by atoms with Crippen LogP contribution in [0.15, 0.2) is 30.5 Å². The van der Waals surface area contributed by atoms with E-state index in [9.17, 15) is 17.6 Å². The molecule has 19 heavy (non-hydrogen) atoms. The standard InChI is InChI=1S/C11H6ClF4N3/c12-10-17-5-8(11(14,15)16)9(19-10)18-7-3-1-2-6(13)4-7/h1-5H,(H,17,18,19). The minimum Gasteiger partial charge on any atom is -0.339 e. The summed E-state index contributed by atoms with van der Waals surface area (Å²) in [5, 5.41) is 2.02. The number of nitrogens with one attached hydrogen (secondary N) is 1. The number of aromatic nitrogens is 2. The molecule has 0 aliphatic carbocycles. The van der Waals surface area contributed by atoms with Crippen LogP contribution in [-0.2, 0) is 6.18 Å². The summed E-state index contributed by atoms with van der Waals surface area (Å²) in [4.78, 5) is 6.75. The number of halogens is 5. The van der Waals surface area contributed by atoms with E-state index in [1.54, 1.807) is 0 Å². The summed E-state index contributed by atoms with van der Waals surface area (Å²) in [6.07, 6.45) is -4.07. The first-order valence-electron chi connectivity index (χ1n) is 4.98. The minimum absolute atomic E-state index is 0.125. The first-order valence-corrected chi connectivity index (χ1v) is 5.36. The summed E-state index contributed by atoms with van der Waals surface area (Å²) in [7, 11) is 0. The first kappa shape index (κ1) is 13.5. The van der Waals surface area contributed by atoms with E-state index in [1.807, 2.05) is 0 Å². The molecule has 0 fully saturated rings. The number of nitrogens with zero attached hydrogens (tertiary/aromatic N) is 2. The third-order valence-corrected chi connectivity index (χ3v) is 2.33. The SMILES string of the molecule is Fc1cccc(Nc2nc(Cl)ncc2C(F)(F)F)c1. The molecule has 100 valence electrons. The average molecular weight is 292 g/mol. The van der Waals surface area contributed by atoms with Crippen LogP contribution >= 0.6 is 11.6 Å². The molecular formula is C11H6ClF4N3. The zero-order valence-electron chi connectivity index (χ0n) is 9.17. The van der Waals surface area contributed by atoms with Gasteiger partial charge in [-0.2, -0.15) is 18.2 Å². The summed E-state index contributed by atoms with van der Waals surface area (Å²) < 4.78 is 51.1. The van der Waals surface area contributed by atoms with Crippen molar-refractivity contribution in [3.05, 3.63) is 47.1 Å². The highest BCUT2D eigenvalue weighted by Gasteiger charge is 2.35. The molecule has 1 N–H and O–H groups in total. The Morgan fingerprint density at radius 2 is 1.95 bits per heavy atom. The van der Waals surface area contributed by atoms with Crippen molar-refractivity contribution in [2.75, 3.05) is 5.32 Å². The lowest BCUT2D eigenvalue weighted by molar-refractivity contribution is -0.137. The van der Waals surface area contributed by atoms with Crippen LogP contribution in [0.3, 0.4) is 0 Å². The van der Waals surface area contributed by atoms with E-state index in [0.29, 0.717) is 6.20 Å². The molecule has 0 saturated heterocycles. The largest absolute Gasteiger partial charge is 0.421 e. The van der Waals surface area contributed by atoms with Crippen LogP contribution in [0.25, 0.3) is 0 Å². The van der Waals surface area contributed by atoms with Gasteiger partial charge in [-0.3, -0.25) is 0 Å². The van der Waals surface area contributed by atoms with Crippen molar-refractivity contribution in [2.45, 2.75) is 6.18 Å². The molecular weight excluding hydrogens is 286 g/mol. The Morgan fingerprint density at radius 3 is 2.58 bits per heavy atom. The second-order valence-electron chi connectivity index (χ2n) is 3.53. The monoisotopic (exact) mass is 291 g/mol. The molecule has 1 aromatic carbocycles. The van der Waals surface area contributed by atoms with Crippen LogP contribution in [0.4, 0.5) is 29.1 Å². The van der Waals surface area contributed by atoms with Gasteiger partial charge in [-0.25, -0.2) is 9.37 Å². The van der Waals surface area contributed by atoms with Crippen LogP contribution in [0.2, 0.25) is 5.28 Å². The molecule has 0 unspecified atom stereocenters. The second-order valence-corrected chi connectivity index (χ2v) is 3.87. The smallest absolute Gasteiger partial charge is 0.339 e. The van der Waals surface area contributed by atoms with E-state index in [0.717, 1.165) is 6.07 Å². The molecule has 0 spiro atoms. The van der Waals surface area contributed by atoms with Gasteiger partial charge in [0, 0.05) is 11.9 Å². The Bertz CT molecular complexity index is 601. The van der Waals surface area contributed by atoms with Crippen LogP contribution in [0.5, 0.6) is 0 Å². The van der Waals surface area contributed by atoms with E-state index in [2.05, 4.69) is 15.3 Å². The molecule has 0 saturated carbocycles. The van der Waals surface area contributed by atoms with Gasteiger partial charge in [0.15, 0.2) is 0 Å². The maximum absolute atomic E-state index is 13.0. The topological polar surface area (TPSA) is 37.8 Å². The predicted molar refractivity (Wildman–Crippen MR) is 61.7 cm³/mol. The third kappa shape index (κ3) is 3.31. The lowest BCUT2D eigenvalue weighted by Gasteiger charge is -2.13. The van der Waals surface area contributed by atoms with Crippen molar-refractivity contribution >= 4 is 23.1 Å². The van der Waals surface area contributed by atoms with Gasteiger partial charge in [-0.05, 0) is 29.8 Å². The van der Waals surface area contributed by atoms with E-state index < -0.39 is 23.4 Å². The van der Waals surface area contributed by atoms with Crippen molar-refractivity contribution in [2.24, 2.45) is 0 Å². The molecule has 1 aromatic heterocycles. The van der Waals surface area contributed by atoms with Crippen LogP contribution in [-0.4, -0.2) is 9.97 Å². The molecule has 0 bridgehead atoms. The fraction of sp³-hybridized carbons (Fsp3) is 0.0909. The van der Waals surface area contributed by atoms with Crippen molar-refractivity contribution in [3.8, 4) is 0 Å². The molecule has 8 heteroatoms. The highest BCUT2D eigenvalue weighted by molar-refractivity contribution is 6.28. The van der Waals surface area contributed by atoms with Crippen molar-refractivity contribution in [3.63, 3.8) is 0 Å². The van der Waals surface area contributed by atoms with E-state index >= 15 is 0 Å². The number of hydrogen-bond acceptors (Lipinski definition) is 3. The zero-order chi connectivity index (χ0) is 14.0. The fourth-order valence-electron chi connectivity index (χ4n) is 1.37. The van der Waals surface area contributed by atoms with Gasteiger partial charge < -0.3 is 5.32 Å². The quantitative estimate of drug-likeness (QED) is 0.670. The maximum Gasteiger partial charge on any atom is 0.421 e. The molecule has 0 atom stereocenters. The molecule has 0 radical (unpaired) electrons. The lowest BCUT2D eigenvalue weighted by Crippen LogP contribution is -2.11. The Labute approximate surface area is 110 Å². The summed E-state index contributed by atoms with van der Waals surface area (Å²) >= 11 is 5.46. The highest BCUT2D eigenvalue weighted by atomic mass is 35.5. The number of benzene rings is 1. The number of hydrogen-bond donors (Lipinski definition) is 1. The van der Waals surface area contributed by atoms with E-state index in [-0.39, 0.29) is 11.0 Å². The second kappa shape index (κ2) is 5.00. The molecule has 2 rings (SSSR count). The number of rotatable bonds is 2. The highest BCUT2D eigenvalue weighted by Crippen LogP contribution is 2.34. The van der Waals surface area contributed by atoms with Crippen LogP contribution in [0, 0.1) is 5.82 Å². The van der Waals surface area contributed by atoms with Gasteiger partial charge in [-0.15, -0.1) is 0 Å². The van der Waals surface area contributed by atoms with Gasteiger partial charge in [0.1, 0.15) is 17.2 Å². The van der Waals surface area contributed by atoms with Crippen molar-refractivity contribution in [1.82, 2.24) is 9.97 Å². The fourth-order valence-corrected chi connectivity index (χ4v) is 1.50. The Balaban J connectivity index is 2.41. The van der Waals surface area contributed by atoms with Gasteiger partial charge in [0.25, 0.3) is 0 Å². The molecule has 2 aromatic rings. The zero-order valence-corrected chi connectivity index (χ0v) is 9.93. The summed E-state index contributed by atoms with van der Waals surface area (Å²) in [6, 6.07) is 4.96. The summed E-state index contributed by atoms with van der Waals surface area (Å²) in [5.74, 6) is -1.11. The normalized spacial score (nSPS) is 11.4. The van der Waals surface area contributed by atoms with Crippen molar-refractivity contribution < 1.29 is 17.6 Å². The van der Waals surface area contributed by atoms with Gasteiger partial charge in [0.05, 0.1) is 0 Å². The molecule has 0 amide bonds. The number of anilines is 2. The third-order valence-electron chi connectivity index (χ3n) is 2.15. The summed E-state index contributed by atoms with van der Waals surface area (Å²) in [5.41, 5.74) is -0.957. The molecule has 0 aliphatic rings. The van der Waals surface area contributed by atoms with E-state index in [1.165, 1.54) is 18.2 Å². The van der Waals surface area contributed by atoms with Crippen molar-refractivity contribution in [1.29, 1.82) is 0 Å². The Morgan fingerprint density at radius 1 is 1.21 bits per heavy atom.